The van der Waals surface area contributed by atoms with Gasteiger partial charge in [-0.1, -0.05) is 11.3 Å². The highest BCUT2D eigenvalue weighted by atomic mass is 32.2. The third kappa shape index (κ3) is 4.20. The van der Waals surface area contributed by atoms with Crippen molar-refractivity contribution in [2.45, 2.75) is 26.8 Å². The summed E-state index contributed by atoms with van der Waals surface area (Å²) in [6.07, 6.45) is 1.13. The number of aromatic nitrogens is 1. The summed E-state index contributed by atoms with van der Waals surface area (Å²) < 4.78 is 27.2. The summed E-state index contributed by atoms with van der Waals surface area (Å²) in [6, 6.07) is 10.3. The molecule has 2 aromatic carbocycles. The van der Waals surface area contributed by atoms with Crippen LogP contribution in [0.2, 0.25) is 0 Å². The number of nitrogens with one attached hydrogen (secondary N) is 1. The summed E-state index contributed by atoms with van der Waals surface area (Å²) in [6.45, 7) is 5.67. The molecule has 154 valence electrons. The van der Waals surface area contributed by atoms with Crippen LogP contribution in [-0.4, -0.2) is 32.2 Å². The predicted molar refractivity (Wildman–Crippen MR) is 119 cm³/mol. The molecule has 0 aliphatic rings. The van der Waals surface area contributed by atoms with E-state index in [0.29, 0.717) is 22.5 Å². The van der Waals surface area contributed by atoms with Gasteiger partial charge in [0.05, 0.1) is 22.2 Å². The zero-order valence-electron chi connectivity index (χ0n) is 16.9. The van der Waals surface area contributed by atoms with Crippen molar-refractivity contribution in [2.75, 3.05) is 22.9 Å². The molecule has 0 atom stereocenters. The molecule has 1 aromatic heterocycles. The van der Waals surface area contributed by atoms with Crippen molar-refractivity contribution in [3.63, 3.8) is 0 Å². The Morgan fingerprint density at radius 3 is 2.45 bits per heavy atom. The van der Waals surface area contributed by atoms with Gasteiger partial charge in [-0.2, -0.15) is 0 Å². The van der Waals surface area contributed by atoms with Crippen molar-refractivity contribution in [2.24, 2.45) is 0 Å². The van der Waals surface area contributed by atoms with Crippen LogP contribution in [0.3, 0.4) is 0 Å². The van der Waals surface area contributed by atoms with E-state index in [1.54, 1.807) is 41.8 Å². The van der Waals surface area contributed by atoms with E-state index in [-0.39, 0.29) is 16.8 Å². The van der Waals surface area contributed by atoms with E-state index in [0.717, 1.165) is 27.8 Å². The number of rotatable bonds is 5. The third-order valence-corrected chi connectivity index (χ3v) is 6.79. The van der Waals surface area contributed by atoms with Crippen LogP contribution in [-0.2, 0) is 10.0 Å². The molecule has 3 aromatic rings. The lowest BCUT2D eigenvalue weighted by Crippen LogP contribution is -2.25. The van der Waals surface area contributed by atoms with Gasteiger partial charge < -0.3 is 5.32 Å². The number of carbonyl (C=O) groups excluding carboxylic acids is 1. The Kier molecular flexibility index (Phi) is 5.55. The van der Waals surface area contributed by atoms with Gasteiger partial charge in [0.2, 0.25) is 10.0 Å². The molecule has 0 aliphatic heterocycles. The molecule has 1 N–H and O–H groups in total. The maximum Gasteiger partial charge on any atom is 0.308 e. The minimum atomic E-state index is -3.38. The fraction of sp³-hybridized carbons (Fsp3) is 0.300. The normalized spacial score (nSPS) is 11.8. The molecule has 0 fully saturated rings. The number of fused-ring (bicyclic) bond motifs is 1. The smallest absolute Gasteiger partial charge is 0.308 e. The summed E-state index contributed by atoms with van der Waals surface area (Å²) in [7, 11) is -1.91. The van der Waals surface area contributed by atoms with Gasteiger partial charge in [0.25, 0.3) is 5.91 Å². The van der Waals surface area contributed by atoms with Gasteiger partial charge in [-0.15, -0.1) is 0 Å². The highest BCUT2D eigenvalue weighted by Crippen LogP contribution is 2.26. The Morgan fingerprint density at radius 2 is 1.86 bits per heavy atom. The predicted octanol–water partition coefficient (Wildman–Crippen LogP) is 3.60. The van der Waals surface area contributed by atoms with Crippen LogP contribution in [0.1, 0.15) is 35.8 Å². The molecule has 29 heavy (non-hydrogen) atoms. The van der Waals surface area contributed by atoms with E-state index in [1.807, 2.05) is 19.9 Å². The topological polar surface area (TPSA) is 88.5 Å². The van der Waals surface area contributed by atoms with E-state index in [2.05, 4.69) is 5.32 Å². The summed E-state index contributed by atoms with van der Waals surface area (Å²) in [5.74, 6) is -0.309. The van der Waals surface area contributed by atoms with Gasteiger partial charge in [-0.3, -0.25) is 18.5 Å². The molecule has 1 heterocycles. The van der Waals surface area contributed by atoms with Crippen molar-refractivity contribution in [3.05, 3.63) is 57.2 Å². The number of anilines is 2. The summed E-state index contributed by atoms with van der Waals surface area (Å²) in [5.41, 5.74) is 3.05. The van der Waals surface area contributed by atoms with Crippen LogP contribution in [0.15, 0.2) is 41.2 Å². The molecule has 1 amide bonds. The van der Waals surface area contributed by atoms with Crippen LogP contribution >= 0.6 is 11.3 Å². The summed E-state index contributed by atoms with van der Waals surface area (Å²) in [4.78, 5) is 24.8. The number of thiazole rings is 1. The molecule has 0 spiro atoms. The van der Waals surface area contributed by atoms with Crippen molar-refractivity contribution in [3.8, 4) is 0 Å². The van der Waals surface area contributed by atoms with Crippen LogP contribution in [0, 0.1) is 6.92 Å². The van der Waals surface area contributed by atoms with Gasteiger partial charge in [0, 0.05) is 24.3 Å². The standard InChI is InChI=1S/C20H23N3O4S2/c1-12(2)23-17-9-7-15(11-18(17)28-20(23)25)21-19(24)14-6-8-16(13(3)10-14)22(4)29(5,26)27/h6-12H,1-5H3,(H,21,24). The average Bonchev–Trinajstić information content (AvgIpc) is 2.95. The maximum absolute atomic E-state index is 12.7. The minimum Gasteiger partial charge on any atom is -0.322 e. The monoisotopic (exact) mass is 433 g/mol. The van der Waals surface area contributed by atoms with E-state index in [4.69, 9.17) is 0 Å². The minimum absolute atomic E-state index is 0.0281. The number of carbonyl (C=O) groups is 1. The molecule has 9 heteroatoms. The lowest BCUT2D eigenvalue weighted by atomic mass is 10.1. The number of aryl methyl sites for hydroxylation is 1. The van der Waals surface area contributed by atoms with Crippen LogP contribution in [0.5, 0.6) is 0 Å². The first-order valence-electron chi connectivity index (χ1n) is 9.00. The zero-order valence-corrected chi connectivity index (χ0v) is 18.5. The first kappa shape index (κ1) is 21.1. The first-order chi connectivity index (χ1) is 13.5. The van der Waals surface area contributed by atoms with Gasteiger partial charge in [0.1, 0.15) is 0 Å². The molecular formula is C20H23N3O4S2. The number of hydrogen-bond donors (Lipinski definition) is 1. The second-order valence-corrected chi connectivity index (χ2v) is 10.2. The second-order valence-electron chi connectivity index (χ2n) is 7.20. The van der Waals surface area contributed by atoms with Gasteiger partial charge in [-0.25, -0.2) is 8.42 Å². The van der Waals surface area contributed by atoms with Crippen LogP contribution in [0.4, 0.5) is 11.4 Å². The Hall–Kier alpha value is -2.65. The lowest BCUT2D eigenvalue weighted by molar-refractivity contribution is 0.102. The molecule has 0 radical (unpaired) electrons. The molecular weight excluding hydrogens is 410 g/mol. The fourth-order valence-corrected chi connectivity index (χ4v) is 4.75. The summed E-state index contributed by atoms with van der Waals surface area (Å²) >= 11 is 1.15. The van der Waals surface area contributed by atoms with Crippen molar-refractivity contribution >= 4 is 48.9 Å². The SMILES string of the molecule is Cc1cc(C(=O)Nc2ccc3c(c2)sc(=O)n3C(C)C)ccc1N(C)S(C)(=O)=O. The number of benzene rings is 2. The maximum atomic E-state index is 12.7. The van der Waals surface area contributed by atoms with Crippen LogP contribution < -0.4 is 14.5 Å². The van der Waals surface area contributed by atoms with Crippen LogP contribution in [0.25, 0.3) is 10.2 Å². The van der Waals surface area contributed by atoms with E-state index >= 15 is 0 Å². The first-order valence-corrected chi connectivity index (χ1v) is 11.7. The third-order valence-electron chi connectivity index (χ3n) is 4.68. The van der Waals surface area contributed by atoms with Crippen molar-refractivity contribution in [1.29, 1.82) is 0 Å². The second kappa shape index (κ2) is 7.64. The van der Waals surface area contributed by atoms with Crippen molar-refractivity contribution in [1.82, 2.24) is 4.57 Å². The van der Waals surface area contributed by atoms with E-state index < -0.39 is 10.0 Å². The molecule has 0 bridgehead atoms. The van der Waals surface area contributed by atoms with E-state index in [9.17, 15) is 18.0 Å². The van der Waals surface area contributed by atoms with Gasteiger partial charge in [-0.05, 0) is 62.7 Å². The highest BCUT2D eigenvalue weighted by Gasteiger charge is 2.16. The number of hydrogen-bond acceptors (Lipinski definition) is 5. The molecule has 0 saturated carbocycles. The summed E-state index contributed by atoms with van der Waals surface area (Å²) in [5, 5.41) is 2.84. The Balaban J connectivity index is 1.87. The van der Waals surface area contributed by atoms with Gasteiger partial charge in [0.15, 0.2) is 0 Å². The lowest BCUT2D eigenvalue weighted by Gasteiger charge is -2.19. The van der Waals surface area contributed by atoms with E-state index in [1.165, 1.54) is 11.4 Å². The number of amides is 1. The largest absolute Gasteiger partial charge is 0.322 e. The molecule has 0 aliphatic carbocycles. The molecule has 7 nitrogen and oxygen atoms in total. The Labute approximate surface area is 173 Å². The van der Waals surface area contributed by atoms with Crippen molar-refractivity contribution < 1.29 is 13.2 Å². The Morgan fingerprint density at radius 1 is 1.17 bits per heavy atom. The van der Waals surface area contributed by atoms with Gasteiger partial charge >= 0.3 is 4.87 Å². The average molecular weight is 434 g/mol. The molecule has 0 unspecified atom stereocenters. The number of sulfonamides is 1. The number of nitrogens with zero attached hydrogens (tertiary/aromatic N) is 2. The fourth-order valence-electron chi connectivity index (χ4n) is 3.14. The Bertz CT molecular complexity index is 1260. The molecule has 0 saturated heterocycles. The molecule has 3 rings (SSSR count). The highest BCUT2D eigenvalue weighted by molar-refractivity contribution is 7.92. The quantitative estimate of drug-likeness (QED) is 0.666. The zero-order chi connectivity index (χ0) is 21.5.